The topological polar surface area (TPSA) is 102 Å². The van der Waals surface area contributed by atoms with Crippen molar-refractivity contribution in [3.8, 4) is 22.3 Å². The fraction of sp³-hybridized carbons (Fsp3) is 0.338. The Morgan fingerprint density at radius 1 is 0.607 bits per heavy atom. The third-order valence-corrected chi connectivity index (χ3v) is 19.3. The van der Waals surface area contributed by atoms with Gasteiger partial charge in [0, 0.05) is 75.5 Å². The van der Waals surface area contributed by atoms with Crippen molar-refractivity contribution in [2.24, 2.45) is 0 Å². The average molecular weight is 1230 g/mol. The monoisotopic (exact) mass is 1230 g/mol. The maximum atomic E-state index is 15.2. The zero-order chi connectivity index (χ0) is 59.5. The molecule has 19 heteroatoms. The molecule has 0 spiro atoms. The summed E-state index contributed by atoms with van der Waals surface area (Å²) in [5.74, 6) is -6.26. The summed E-state index contributed by atoms with van der Waals surface area (Å²) in [6.07, 6.45) is -0.473. The Morgan fingerprint density at radius 2 is 1.08 bits per heavy atom. The molecule has 0 saturated heterocycles. The quantitative estimate of drug-likeness (QED) is 0.0698. The molecule has 1 unspecified atom stereocenters. The molecular formula is C65H65Cl2F7N4O4S2. The van der Waals surface area contributed by atoms with Crippen LogP contribution in [-0.4, -0.2) is 82.9 Å². The first-order valence-electron chi connectivity index (χ1n) is 27.3. The van der Waals surface area contributed by atoms with Gasteiger partial charge in [0.2, 0.25) is 5.78 Å². The molecule has 2 amide bonds. The molecule has 0 aliphatic heterocycles. The molecule has 84 heavy (non-hydrogen) atoms. The molecule has 8 nitrogen and oxygen atoms in total. The Morgan fingerprint density at radius 3 is 1.61 bits per heavy atom. The molecule has 2 aromatic heterocycles. The second-order valence-corrected chi connectivity index (χ2v) is 24.2. The number of nitrogens with zero attached hydrogens (tertiary/aromatic N) is 2. The van der Waals surface area contributed by atoms with Gasteiger partial charge in [-0.3, -0.25) is 14.4 Å². The first-order chi connectivity index (χ1) is 39.5. The van der Waals surface area contributed by atoms with Gasteiger partial charge in [-0.05, 0) is 148 Å². The Bertz CT molecular complexity index is 3630. The fourth-order valence-electron chi connectivity index (χ4n) is 11.1. The number of hydrogen-bond acceptors (Lipinski definition) is 8. The van der Waals surface area contributed by atoms with E-state index in [0.717, 1.165) is 82.2 Å². The summed E-state index contributed by atoms with van der Waals surface area (Å²) in [6.45, 7) is 2.90. The second kappa shape index (κ2) is 27.0. The number of nitrogens with one attached hydrogen (secondary N) is 2. The average Bonchev–Trinajstić information content (AvgIpc) is 4.24. The number of amides is 2. The van der Waals surface area contributed by atoms with Crippen LogP contribution in [0, 0.1) is 18.6 Å². The van der Waals surface area contributed by atoms with E-state index >= 15 is 4.39 Å². The predicted molar refractivity (Wildman–Crippen MR) is 325 cm³/mol. The van der Waals surface area contributed by atoms with Crippen molar-refractivity contribution in [1.82, 2.24) is 20.4 Å². The lowest BCUT2D eigenvalue weighted by atomic mass is 9.89. The van der Waals surface area contributed by atoms with Gasteiger partial charge in [-0.2, -0.15) is 22.0 Å². The molecule has 2 heterocycles. The first kappa shape index (κ1) is 63.8. The van der Waals surface area contributed by atoms with Crippen LogP contribution in [0.1, 0.15) is 124 Å². The highest BCUT2D eigenvalue weighted by Crippen LogP contribution is 2.41. The predicted octanol–water partition coefficient (Wildman–Crippen LogP) is 17.4. The lowest BCUT2D eigenvalue weighted by Crippen LogP contribution is -2.44. The van der Waals surface area contributed by atoms with Gasteiger partial charge in [-0.25, -0.2) is 8.78 Å². The number of aliphatic hydroxyl groups excluding tert-OH is 1. The SMILES string of the molecule is C.CNC1CCC(N(Cc2cc(-c3ccc(C(=O)C(C)(F)F)cc3)ccc2F)C(=O)c2sc3cccc(F)c3c2Cl)CC1.CNC1CCC(N(Cc2cc(-c3ccc(C(O)C(F)(F)F)cc3)ccc2C)C(=O)c2sc3ccccc3c2Cl)CC1. The van der Waals surface area contributed by atoms with E-state index in [2.05, 4.69) is 10.6 Å². The van der Waals surface area contributed by atoms with Crippen molar-refractivity contribution in [1.29, 1.82) is 0 Å². The molecular weight excluding hydrogens is 1170 g/mol. The third-order valence-electron chi connectivity index (χ3n) is 16.0. The molecule has 2 fully saturated rings. The molecule has 0 radical (unpaired) electrons. The lowest BCUT2D eigenvalue weighted by Gasteiger charge is -2.37. The van der Waals surface area contributed by atoms with Crippen molar-refractivity contribution in [3.05, 3.63) is 187 Å². The number of carbonyl (C=O) groups excluding carboxylic acids is 3. The van der Waals surface area contributed by atoms with E-state index in [9.17, 15) is 45.8 Å². The van der Waals surface area contributed by atoms with Gasteiger partial charge in [0.25, 0.3) is 11.8 Å². The molecule has 6 aromatic carbocycles. The van der Waals surface area contributed by atoms with Crippen LogP contribution in [0.15, 0.2) is 127 Å². The standard InChI is InChI=1S/C32H29ClF4N2O2S.C32H32ClF3N2O2S.CH4/c1-32(36,37)30(40)19-8-6-18(7-9-19)20-10-15-24(34)21(16-20)17-39(23-13-11-22(38-2)12-14-23)31(41)29-28(33)27-25(35)4-3-5-26(27)42-29;1-19-7-8-22(20-9-11-21(12-10-20)30(39)32(34,35)36)17-23(19)18-38(25-15-13-24(37-2)14-16-25)31(40)29-28(33)26-5-3-4-6-27(26)41-29;/h3-10,15-16,22-23,38H,11-14,17H2,1-2H3;3-12,17,24-25,30,37,39H,13-16,18H2,1-2H3;1H4. The first-order valence-corrected chi connectivity index (χ1v) is 29.7. The normalized spacial score (nSPS) is 17.7. The number of rotatable bonds is 15. The number of ketones is 1. The Labute approximate surface area is 502 Å². The molecule has 2 aliphatic rings. The largest absolute Gasteiger partial charge is 0.418 e. The number of Topliss-reactive ketones (excluding diaryl/α,β-unsaturated/α-hetero) is 1. The van der Waals surface area contributed by atoms with Gasteiger partial charge in [-0.15, -0.1) is 22.7 Å². The van der Waals surface area contributed by atoms with Crippen molar-refractivity contribution in [3.63, 3.8) is 0 Å². The number of thiophene rings is 2. The summed E-state index contributed by atoms with van der Waals surface area (Å²) in [4.78, 5) is 44.5. The van der Waals surface area contributed by atoms with Crippen LogP contribution in [0.25, 0.3) is 42.4 Å². The van der Waals surface area contributed by atoms with Gasteiger partial charge in [-0.1, -0.05) is 122 Å². The molecule has 444 valence electrons. The van der Waals surface area contributed by atoms with Gasteiger partial charge < -0.3 is 25.5 Å². The maximum absolute atomic E-state index is 15.2. The van der Waals surface area contributed by atoms with Gasteiger partial charge in [0.1, 0.15) is 21.4 Å². The minimum atomic E-state index is -4.72. The van der Waals surface area contributed by atoms with Crippen LogP contribution in [0.5, 0.6) is 0 Å². The highest BCUT2D eigenvalue weighted by Gasteiger charge is 2.40. The number of alkyl halides is 5. The van der Waals surface area contributed by atoms with Gasteiger partial charge >= 0.3 is 12.1 Å². The molecule has 3 N–H and O–H groups in total. The minimum Gasteiger partial charge on any atom is -0.379 e. The Hall–Kier alpha value is -6.18. The van der Waals surface area contributed by atoms with E-state index in [1.807, 2.05) is 68.4 Å². The van der Waals surface area contributed by atoms with Crippen molar-refractivity contribution in [2.45, 2.75) is 128 Å². The molecule has 2 saturated carbocycles. The highest BCUT2D eigenvalue weighted by atomic mass is 35.5. The fourth-order valence-corrected chi connectivity index (χ4v) is 14.1. The number of aryl methyl sites for hydroxylation is 1. The molecule has 8 aromatic rings. The van der Waals surface area contributed by atoms with Crippen molar-refractivity contribution in [2.75, 3.05) is 14.1 Å². The van der Waals surface area contributed by atoms with Crippen LogP contribution >= 0.6 is 45.9 Å². The summed E-state index contributed by atoms with van der Waals surface area (Å²) in [5.41, 5.74) is 4.66. The van der Waals surface area contributed by atoms with Crippen LogP contribution in [0.3, 0.4) is 0 Å². The number of hydrogen-bond donors (Lipinski definition) is 3. The lowest BCUT2D eigenvalue weighted by molar-refractivity contribution is -0.206. The van der Waals surface area contributed by atoms with E-state index in [1.165, 1.54) is 59.9 Å². The number of aliphatic hydroxyl groups is 1. The molecule has 1 atom stereocenters. The van der Waals surface area contributed by atoms with Crippen molar-refractivity contribution >= 4 is 83.6 Å². The summed E-state index contributed by atoms with van der Waals surface area (Å²) >= 11 is 15.8. The summed E-state index contributed by atoms with van der Waals surface area (Å²) < 4.78 is 97.2. The van der Waals surface area contributed by atoms with E-state index in [1.54, 1.807) is 41.3 Å². The number of carbonyl (C=O) groups is 3. The van der Waals surface area contributed by atoms with Gasteiger partial charge in [0.05, 0.1) is 10.0 Å². The van der Waals surface area contributed by atoms with Crippen molar-refractivity contribution < 1.29 is 50.2 Å². The second-order valence-electron chi connectivity index (χ2n) is 21.4. The molecule has 2 aliphatic carbocycles. The highest BCUT2D eigenvalue weighted by molar-refractivity contribution is 7.22. The summed E-state index contributed by atoms with van der Waals surface area (Å²) in [5, 5.41) is 17.8. The van der Waals surface area contributed by atoms with Gasteiger partial charge in [0.15, 0.2) is 6.10 Å². The minimum absolute atomic E-state index is 0. The van der Waals surface area contributed by atoms with E-state index in [0.29, 0.717) is 64.1 Å². The van der Waals surface area contributed by atoms with Crippen LogP contribution in [0.4, 0.5) is 30.7 Å². The summed E-state index contributed by atoms with van der Waals surface area (Å²) in [7, 11) is 3.87. The van der Waals surface area contributed by atoms with Crippen LogP contribution in [0.2, 0.25) is 10.0 Å². The zero-order valence-corrected chi connectivity index (χ0v) is 49.0. The Balaban J connectivity index is 0.000000217. The molecule has 0 bridgehead atoms. The number of benzene rings is 6. The molecule has 10 rings (SSSR count). The Kier molecular flexibility index (Phi) is 20.5. The van der Waals surface area contributed by atoms with E-state index in [-0.39, 0.29) is 69.8 Å². The van der Waals surface area contributed by atoms with Crippen LogP contribution < -0.4 is 10.6 Å². The number of halogens is 9. The van der Waals surface area contributed by atoms with E-state index < -0.39 is 35.6 Å². The van der Waals surface area contributed by atoms with E-state index in [4.69, 9.17) is 23.2 Å². The third kappa shape index (κ3) is 14.2. The summed E-state index contributed by atoms with van der Waals surface area (Å²) in [6, 6.07) is 34.7. The smallest absolute Gasteiger partial charge is 0.379 e. The maximum Gasteiger partial charge on any atom is 0.418 e. The number of fused-ring (bicyclic) bond motifs is 2. The van der Waals surface area contributed by atoms with Crippen LogP contribution in [-0.2, 0) is 13.1 Å². The zero-order valence-electron chi connectivity index (χ0n) is 45.9.